The zero-order valence-electron chi connectivity index (χ0n) is 16.6. The summed E-state index contributed by atoms with van der Waals surface area (Å²) in [6.45, 7) is 0.384. The molecule has 2 aliphatic heterocycles. The van der Waals surface area contributed by atoms with Gasteiger partial charge in [0.05, 0.1) is 49.1 Å². The molecule has 1 saturated heterocycles. The van der Waals surface area contributed by atoms with E-state index < -0.39 is 0 Å². The number of fused-ring (bicyclic) bond motifs is 1. The van der Waals surface area contributed by atoms with Crippen LogP contribution in [0.15, 0.2) is 57.5 Å². The second-order valence-electron chi connectivity index (χ2n) is 6.92. The Labute approximate surface area is 188 Å². The van der Waals surface area contributed by atoms with Crippen LogP contribution in [0.3, 0.4) is 0 Å². The molecule has 0 aromatic heterocycles. The van der Waals surface area contributed by atoms with E-state index in [1.807, 2.05) is 42.5 Å². The third-order valence-electron chi connectivity index (χ3n) is 5.29. The Hall–Kier alpha value is -2.63. The molecule has 154 valence electrons. The Bertz CT molecular complexity index is 1070. The minimum atomic E-state index is -0.327. The Morgan fingerprint density at radius 2 is 1.93 bits per heavy atom. The average Bonchev–Trinajstić information content (AvgIpc) is 2.78. The van der Waals surface area contributed by atoms with Crippen LogP contribution in [-0.2, 0) is 4.79 Å². The number of carbonyl (C=O) groups is 1. The van der Waals surface area contributed by atoms with Gasteiger partial charge in [-0.2, -0.15) is 5.26 Å². The van der Waals surface area contributed by atoms with Crippen LogP contribution in [0.2, 0.25) is 0 Å². The van der Waals surface area contributed by atoms with Gasteiger partial charge in [-0.25, -0.2) is 0 Å². The molecule has 2 aliphatic rings. The topological polar surface area (TPSA) is 65.8 Å². The van der Waals surface area contributed by atoms with Gasteiger partial charge in [-0.1, -0.05) is 39.8 Å². The molecule has 2 aromatic rings. The fourth-order valence-electron chi connectivity index (χ4n) is 3.85. The van der Waals surface area contributed by atoms with Crippen LogP contribution < -0.4 is 14.4 Å². The predicted octanol–water partition coefficient (Wildman–Crippen LogP) is 4.69. The molecule has 6 nitrogen and oxygen atoms in total. The molecule has 0 spiro atoms. The molecule has 8 heteroatoms. The molecule has 1 amide bonds. The smallest absolute Gasteiger partial charge is 0.229 e. The lowest BCUT2D eigenvalue weighted by Gasteiger charge is -2.42. The third kappa shape index (κ3) is 3.64. The van der Waals surface area contributed by atoms with Gasteiger partial charge >= 0.3 is 0 Å². The lowest BCUT2D eigenvalue weighted by molar-refractivity contribution is -0.129. The van der Waals surface area contributed by atoms with Crippen molar-refractivity contribution in [3.63, 3.8) is 0 Å². The van der Waals surface area contributed by atoms with E-state index in [1.54, 1.807) is 19.1 Å². The minimum Gasteiger partial charge on any atom is -0.496 e. The molecule has 2 heterocycles. The number of benzene rings is 2. The predicted molar refractivity (Wildman–Crippen MR) is 120 cm³/mol. The standard InChI is InChI=1S/C22H20BrN3O3S/c1-28-19-8-7-14(23)9-16(19)15-10-21(27)26-12-25(13-30-22(26)17(15)11-24)18-5-3-4-6-20(18)29-2/h3-9,15H,10,12-13H2,1-2H3/t15-/m0/s1. The molecule has 0 unspecified atom stereocenters. The number of anilines is 1. The molecule has 0 saturated carbocycles. The van der Waals surface area contributed by atoms with E-state index in [2.05, 4.69) is 26.9 Å². The highest BCUT2D eigenvalue weighted by Crippen LogP contribution is 2.46. The largest absolute Gasteiger partial charge is 0.496 e. The Morgan fingerprint density at radius 3 is 2.67 bits per heavy atom. The maximum Gasteiger partial charge on any atom is 0.229 e. The van der Waals surface area contributed by atoms with Crippen LogP contribution in [0.4, 0.5) is 5.69 Å². The van der Waals surface area contributed by atoms with Gasteiger partial charge in [-0.15, -0.1) is 0 Å². The maximum atomic E-state index is 13.1. The van der Waals surface area contributed by atoms with Crippen LogP contribution in [0.25, 0.3) is 0 Å². The third-order valence-corrected chi connectivity index (χ3v) is 6.93. The molecule has 1 fully saturated rings. The van der Waals surface area contributed by atoms with Gasteiger partial charge in [0.1, 0.15) is 11.5 Å². The number of hydrogen-bond donors (Lipinski definition) is 0. The van der Waals surface area contributed by atoms with Crippen LogP contribution >= 0.6 is 27.7 Å². The zero-order valence-corrected chi connectivity index (χ0v) is 19.0. The van der Waals surface area contributed by atoms with Gasteiger partial charge in [0.15, 0.2) is 0 Å². The molecule has 0 bridgehead atoms. The minimum absolute atomic E-state index is 0.0110. The highest BCUT2D eigenvalue weighted by molar-refractivity contribution is 9.10. The van der Waals surface area contributed by atoms with Crippen molar-refractivity contribution in [2.75, 3.05) is 31.7 Å². The number of halogens is 1. The number of amides is 1. The lowest BCUT2D eigenvalue weighted by Crippen LogP contribution is -2.47. The fourth-order valence-corrected chi connectivity index (χ4v) is 5.39. The first-order valence-corrected chi connectivity index (χ1v) is 11.1. The Kier molecular flexibility index (Phi) is 5.93. The Balaban J connectivity index is 1.71. The highest BCUT2D eigenvalue weighted by Gasteiger charge is 2.39. The normalized spacial score (nSPS) is 18.7. The molecule has 2 aromatic carbocycles. The number of hydrogen-bond acceptors (Lipinski definition) is 6. The summed E-state index contributed by atoms with van der Waals surface area (Å²) in [6.07, 6.45) is 0.222. The second-order valence-corrected chi connectivity index (χ2v) is 8.77. The van der Waals surface area contributed by atoms with E-state index in [1.165, 1.54) is 11.8 Å². The molecule has 0 radical (unpaired) electrons. The molecule has 1 atom stereocenters. The van der Waals surface area contributed by atoms with Gasteiger partial charge < -0.3 is 14.4 Å². The van der Waals surface area contributed by atoms with Crippen molar-refractivity contribution >= 4 is 39.3 Å². The number of para-hydroxylation sites is 2. The first-order valence-electron chi connectivity index (χ1n) is 9.36. The van der Waals surface area contributed by atoms with Gasteiger partial charge in [0.2, 0.25) is 5.91 Å². The van der Waals surface area contributed by atoms with Crippen molar-refractivity contribution in [1.82, 2.24) is 4.90 Å². The summed E-state index contributed by atoms with van der Waals surface area (Å²) in [5.41, 5.74) is 2.38. The number of rotatable bonds is 4. The lowest BCUT2D eigenvalue weighted by atomic mass is 9.86. The summed E-state index contributed by atoms with van der Waals surface area (Å²) in [7, 11) is 3.24. The number of methoxy groups -OCH3 is 2. The van der Waals surface area contributed by atoms with E-state index in [4.69, 9.17) is 9.47 Å². The molecular weight excluding hydrogens is 466 g/mol. The van der Waals surface area contributed by atoms with Gasteiger partial charge in [0, 0.05) is 22.4 Å². The summed E-state index contributed by atoms with van der Waals surface area (Å²) < 4.78 is 11.9. The molecular formula is C22H20BrN3O3S. The van der Waals surface area contributed by atoms with E-state index in [0.717, 1.165) is 26.5 Å². The molecule has 4 rings (SSSR count). The Morgan fingerprint density at radius 1 is 1.17 bits per heavy atom. The van der Waals surface area contributed by atoms with E-state index in [-0.39, 0.29) is 18.2 Å². The highest BCUT2D eigenvalue weighted by atomic mass is 79.9. The van der Waals surface area contributed by atoms with Crippen molar-refractivity contribution in [1.29, 1.82) is 5.26 Å². The number of ether oxygens (including phenoxy) is 2. The summed E-state index contributed by atoms with van der Waals surface area (Å²) in [6, 6.07) is 15.8. The SMILES string of the molecule is COc1ccc(Br)cc1[C@@H]1CC(=O)N2CN(c3ccccc3OC)CSC2=C1C#N. The van der Waals surface area contributed by atoms with Crippen molar-refractivity contribution in [2.45, 2.75) is 12.3 Å². The van der Waals surface area contributed by atoms with Gasteiger partial charge in [-0.3, -0.25) is 9.69 Å². The number of nitriles is 1. The fraction of sp³-hybridized carbons (Fsp3) is 0.273. The first-order chi connectivity index (χ1) is 14.6. The summed E-state index contributed by atoms with van der Waals surface area (Å²) in [5, 5.41) is 10.7. The number of nitrogens with zero attached hydrogens (tertiary/aromatic N) is 3. The summed E-state index contributed by atoms with van der Waals surface area (Å²) in [5.74, 6) is 1.71. The van der Waals surface area contributed by atoms with Gasteiger partial charge in [0.25, 0.3) is 0 Å². The van der Waals surface area contributed by atoms with Crippen LogP contribution in [0.5, 0.6) is 11.5 Å². The van der Waals surface area contributed by atoms with E-state index in [9.17, 15) is 10.1 Å². The number of thioether (sulfide) groups is 1. The van der Waals surface area contributed by atoms with Crippen molar-refractivity contribution in [3.8, 4) is 17.6 Å². The average molecular weight is 486 g/mol. The quantitative estimate of drug-likeness (QED) is 0.625. The first kappa shape index (κ1) is 20.6. The molecule has 0 aliphatic carbocycles. The molecule has 0 N–H and O–H groups in total. The van der Waals surface area contributed by atoms with E-state index >= 15 is 0 Å². The van der Waals surface area contributed by atoms with Crippen LogP contribution in [0.1, 0.15) is 17.9 Å². The zero-order chi connectivity index (χ0) is 21.3. The van der Waals surface area contributed by atoms with Crippen LogP contribution in [-0.4, -0.2) is 37.6 Å². The second kappa shape index (κ2) is 8.62. The number of carbonyl (C=O) groups excluding carboxylic acids is 1. The van der Waals surface area contributed by atoms with Crippen molar-refractivity contribution < 1.29 is 14.3 Å². The maximum absolute atomic E-state index is 13.1. The van der Waals surface area contributed by atoms with Gasteiger partial charge in [-0.05, 0) is 30.3 Å². The number of allylic oxidation sites excluding steroid dienone is 1. The monoisotopic (exact) mass is 485 g/mol. The van der Waals surface area contributed by atoms with Crippen LogP contribution in [0, 0.1) is 11.3 Å². The van der Waals surface area contributed by atoms with Crippen molar-refractivity contribution in [2.24, 2.45) is 0 Å². The summed E-state index contributed by atoms with van der Waals surface area (Å²) >= 11 is 4.99. The van der Waals surface area contributed by atoms with Crippen molar-refractivity contribution in [3.05, 3.63) is 63.1 Å². The summed E-state index contributed by atoms with van der Waals surface area (Å²) in [4.78, 5) is 16.9. The van der Waals surface area contributed by atoms with E-state index in [0.29, 0.717) is 23.9 Å². The molecule has 30 heavy (non-hydrogen) atoms.